The average Bonchev–Trinajstić information content (AvgIpc) is 2.49. The molecule has 1 amide bonds. The molecule has 19 heavy (non-hydrogen) atoms. The molecule has 0 aliphatic rings. The second-order valence-electron chi connectivity index (χ2n) is 4.01. The summed E-state index contributed by atoms with van der Waals surface area (Å²) in [4.78, 5) is 16.9. The summed E-state index contributed by atoms with van der Waals surface area (Å²) in [5.74, 6) is -0.361. The van der Waals surface area contributed by atoms with Crippen molar-refractivity contribution in [2.75, 3.05) is 11.9 Å². The largest absolute Gasteiger partial charge is 0.386 e. The fourth-order valence-corrected chi connectivity index (χ4v) is 1.75. The minimum absolute atomic E-state index is 0.0203. The Hall–Kier alpha value is -2.71. The summed E-state index contributed by atoms with van der Waals surface area (Å²) in [5.41, 5.74) is 10.4. The van der Waals surface area contributed by atoms with E-state index in [9.17, 15) is 4.79 Å². The summed E-state index contributed by atoms with van der Waals surface area (Å²) in [5, 5.41) is 0. The van der Waals surface area contributed by atoms with Crippen molar-refractivity contribution in [2.45, 2.75) is 0 Å². The standard InChI is InChI=1S/C15H13N3O/c1-18(13-10-6-3-7-11-13)15(19)14(17-16)12-8-4-2-5-9-12/h2-11H,1H3. The lowest BCUT2D eigenvalue weighted by Crippen LogP contribution is -2.34. The molecule has 0 unspecified atom stereocenters. The van der Waals surface area contributed by atoms with E-state index in [1.54, 1.807) is 31.3 Å². The van der Waals surface area contributed by atoms with Crippen LogP contribution in [-0.4, -0.2) is 23.5 Å². The van der Waals surface area contributed by atoms with E-state index in [1.165, 1.54) is 4.90 Å². The van der Waals surface area contributed by atoms with Gasteiger partial charge < -0.3 is 10.4 Å². The monoisotopic (exact) mass is 251 g/mol. The smallest absolute Gasteiger partial charge is 0.361 e. The van der Waals surface area contributed by atoms with E-state index in [2.05, 4.69) is 4.79 Å². The van der Waals surface area contributed by atoms with Crippen molar-refractivity contribution in [3.8, 4) is 0 Å². The van der Waals surface area contributed by atoms with Crippen molar-refractivity contribution in [3.05, 3.63) is 71.8 Å². The maximum Gasteiger partial charge on any atom is 0.386 e. The first-order valence-electron chi connectivity index (χ1n) is 5.84. The zero-order valence-corrected chi connectivity index (χ0v) is 10.5. The van der Waals surface area contributed by atoms with Crippen molar-refractivity contribution in [1.82, 2.24) is 0 Å². The number of benzene rings is 2. The van der Waals surface area contributed by atoms with Crippen molar-refractivity contribution >= 4 is 17.3 Å². The minimum atomic E-state index is -0.361. The average molecular weight is 251 g/mol. The van der Waals surface area contributed by atoms with Gasteiger partial charge in [-0.3, -0.25) is 4.79 Å². The molecule has 0 bridgehead atoms. The van der Waals surface area contributed by atoms with Crippen LogP contribution in [0.25, 0.3) is 5.53 Å². The van der Waals surface area contributed by atoms with Crippen LogP contribution >= 0.6 is 0 Å². The number of hydrogen-bond donors (Lipinski definition) is 0. The second-order valence-corrected chi connectivity index (χ2v) is 4.01. The number of para-hydroxylation sites is 1. The number of anilines is 1. The van der Waals surface area contributed by atoms with Gasteiger partial charge in [0, 0.05) is 12.7 Å². The topological polar surface area (TPSA) is 56.7 Å². The first-order valence-corrected chi connectivity index (χ1v) is 5.84. The lowest BCUT2D eigenvalue weighted by atomic mass is 10.1. The Morgan fingerprint density at radius 3 is 2.05 bits per heavy atom. The Balaban J connectivity index is 2.31. The highest BCUT2D eigenvalue weighted by atomic mass is 16.2. The molecule has 0 N–H and O–H groups in total. The number of amides is 1. The van der Waals surface area contributed by atoms with E-state index >= 15 is 0 Å². The van der Waals surface area contributed by atoms with Gasteiger partial charge in [-0.05, 0) is 24.3 Å². The molecular formula is C15H13N3O. The predicted octanol–water partition coefficient (Wildman–Crippen LogP) is 2.37. The molecule has 0 atom stereocenters. The Kier molecular flexibility index (Phi) is 3.86. The Bertz CT molecular complexity index is 616. The second kappa shape index (κ2) is 5.76. The number of nitrogens with zero attached hydrogens (tertiary/aromatic N) is 3. The van der Waals surface area contributed by atoms with Crippen LogP contribution < -0.4 is 4.90 Å². The third-order valence-corrected chi connectivity index (χ3v) is 2.80. The molecule has 2 aromatic carbocycles. The van der Waals surface area contributed by atoms with Crippen LogP contribution in [0, 0.1) is 0 Å². The molecule has 2 aromatic rings. The molecule has 4 nitrogen and oxygen atoms in total. The molecule has 0 saturated heterocycles. The number of carbonyl (C=O) groups excluding carboxylic acids is 1. The molecular weight excluding hydrogens is 238 g/mol. The quantitative estimate of drug-likeness (QED) is 0.469. The zero-order chi connectivity index (χ0) is 13.7. The highest BCUT2D eigenvalue weighted by Crippen LogP contribution is 2.12. The molecule has 94 valence electrons. The van der Waals surface area contributed by atoms with Gasteiger partial charge in [-0.1, -0.05) is 36.4 Å². The van der Waals surface area contributed by atoms with Crippen molar-refractivity contribution in [3.63, 3.8) is 0 Å². The van der Waals surface area contributed by atoms with Gasteiger partial charge in [0.05, 0.1) is 5.56 Å². The fraction of sp³-hybridized carbons (Fsp3) is 0.0667. The van der Waals surface area contributed by atoms with Gasteiger partial charge in [-0.15, -0.1) is 0 Å². The van der Waals surface area contributed by atoms with Crippen LogP contribution in [0.5, 0.6) is 0 Å². The lowest BCUT2D eigenvalue weighted by molar-refractivity contribution is -0.116. The van der Waals surface area contributed by atoms with E-state index in [0.29, 0.717) is 5.56 Å². The molecule has 0 spiro atoms. The van der Waals surface area contributed by atoms with E-state index < -0.39 is 0 Å². The SMILES string of the molecule is CN(C(=O)C(=[N+]=[N-])c1ccccc1)c1ccccc1. The maximum atomic E-state index is 12.3. The number of hydrogen-bond acceptors (Lipinski definition) is 1. The first-order chi connectivity index (χ1) is 9.24. The first kappa shape index (κ1) is 12.7. The van der Waals surface area contributed by atoms with E-state index in [-0.39, 0.29) is 11.6 Å². The summed E-state index contributed by atoms with van der Waals surface area (Å²) in [7, 11) is 1.64. The van der Waals surface area contributed by atoms with Gasteiger partial charge in [0.1, 0.15) is 0 Å². The van der Waals surface area contributed by atoms with Crippen LogP contribution in [0.15, 0.2) is 60.7 Å². The normalized spacial score (nSPS) is 9.53. The summed E-state index contributed by atoms with van der Waals surface area (Å²) in [6.45, 7) is 0. The Morgan fingerprint density at radius 1 is 1.00 bits per heavy atom. The number of likely N-dealkylation sites (N-methyl/N-ethyl adjacent to an activating group) is 1. The summed E-state index contributed by atoms with van der Waals surface area (Å²) in [6.07, 6.45) is 0. The Morgan fingerprint density at radius 2 is 1.53 bits per heavy atom. The molecule has 2 rings (SSSR count). The predicted molar refractivity (Wildman–Crippen MR) is 74.0 cm³/mol. The van der Waals surface area contributed by atoms with E-state index in [4.69, 9.17) is 5.53 Å². The van der Waals surface area contributed by atoms with Crippen LogP contribution in [0.3, 0.4) is 0 Å². The van der Waals surface area contributed by atoms with Crippen LogP contribution in [0.1, 0.15) is 5.56 Å². The van der Waals surface area contributed by atoms with E-state index in [1.807, 2.05) is 36.4 Å². The van der Waals surface area contributed by atoms with Gasteiger partial charge in [-0.25, -0.2) is 0 Å². The van der Waals surface area contributed by atoms with Crippen molar-refractivity contribution < 1.29 is 9.58 Å². The third kappa shape index (κ3) is 2.76. The van der Waals surface area contributed by atoms with Gasteiger partial charge in [0.2, 0.25) is 0 Å². The van der Waals surface area contributed by atoms with Gasteiger partial charge in [0.15, 0.2) is 0 Å². The van der Waals surface area contributed by atoms with Gasteiger partial charge in [0.25, 0.3) is 0 Å². The highest BCUT2D eigenvalue weighted by Gasteiger charge is 2.26. The third-order valence-electron chi connectivity index (χ3n) is 2.80. The molecule has 4 heteroatoms. The van der Waals surface area contributed by atoms with Crippen LogP contribution in [-0.2, 0) is 4.79 Å². The molecule has 0 aromatic heterocycles. The molecule has 0 saturated carbocycles. The zero-order valence-electron chi connectivity index (χ0n) is 10.5. The summed E-state index contributed by atoms with van der Waals surface area (Å²) < 4.78 is 0. The summed E-state index contributed by atoms with van der Waals surface area (Å²) >= 11 is 0. The summed E-state index contributed by atoms with van der Waals surface area (Å²) in [6, 6.07) is 18.1. The fourth-order valence-electron chi connectivity index (χ4n) is 1.75. The molecule has 0 aliphatic heterocycles. The van der Waals surface area contributed by atoms with Crippen LogP contribution in [0.2, 0.25) is 0 Å². The van der Waals surface area contributed by atoms with Crippen LogP contribution in [0.4, 0.5) is 5.69 Å². The molecule has 0 radical (unpaired) electrons. The lowest BCUT2D eigenvalue weighted by Gasteiger charge is -2.14. The number of rotatable bonds is 3. The minimum Gasteiger partial charge on any atom is -0.361 e. The maximum absolute atomic E-state index is 12.3. The highest BCUT2D eigenvalue weighted by molar-refractivity contribution is 6.47. The van der Waals surface area contributed by atoms with Crippen molar-refractivity contribution in [2.24, 2.45) is 0 Å². The number of carbonyl (C=O) groups is 1. The molecule has 0 heterocycles. The van der Waals surface area contributed by atoms with Gasteiger partial charge >= 0.3 is 11.6 Å². The van der Waals surface area contributed by atoms with Gasteiger partial charge in [-0.2, -0.15) is 4.79 Å². The van der Waals surface area contributed by atoms with E-state index in [0.717, 1.165) is 5.69 Å². The van der Waals surface area contributed by atoms with Crippen molar-refractivity contribution in [1.29, 1.82) is 0 Å². The molecule has 0 aliphatic carbocycles. The Labute approximate surface area is 111 Å². The molecule has 0 fully saturated rings.